The van der Waals surface area contributed by atoms with Crippen LogP contribution in [0.5, 0.6) is 5.75 Å². The van der Waals surface area contributed by atoms with Crippen molar-refractivity contribution in [3.05, 3.63) is 92.3 Å². The Labute approximate surface area is 190 Å². The molecule has 0 radical (unpaired) electrons. The van der Waals surface area contributed by atoms with Gasteiger partial charge in [-0.05, 0) is 41.7 Å². The number of nitrogens with two attached hydrogens (primary N) is 1. The normalized spacial score (nSPS) is 13.9. The molecule has 6 nitrogen and oxygen atoms in total. The fourth-order valence-electron chi connectivity index (χ4n) is 4.20. The molecule has 0 saturated heterocycles. The van der Waals surface area contributed by atoms with Gasteiger partial charge in [-0.25, -0.2) is 9.66 Å². The number of thiophene rings is 1. The van der Waals surface area contributed by atoms with Crippen molar-refractivity contribution in [2.45, 2.75) is 39.5 Å². The van der Waals surface area contributed by atoms with E-state index in [0.29, 0.717) is 11.2 Å². The molecule has 3 heterocycles. The number of nitrogen functional groups attached to an aromatic ring is 1. The highest BCUT2D eigenvalue weighted by molar-refractivity contribution is 7.18. The summed E-state index contributed by atoms with van der Waals surface area (Å²) in [4.78, 5) is 22.2. The Morgan fingerprint density at radius 2 is 1.88 bits per heavy atom. The highest BCUT2D eigenvalue weighted by atomic mass is 32.1. The van der Waals surface area contributed by atoms with Crippen molar-refractivity contribution in [1.29, 1.82) is 0 Å². The average Bonchev–Trinajstić information content (AvgIpc) is 3.19. The second-order valence-corrected chi connectivity index (χ2v) is 9.20. The summed E-state index contributed by atoms with van der Waals surface area (Å²) >= 11 is 1.60. The highest BCUT2D eigenvalue weighted by Crippen LogP contribution is 2.33. The van der Waals surface area contributed by atoms with Gasteiger partial charge >= 0.3 is 0 Å². The maximum absolute atomic E-state index is 13.1. The zero-order valence-electron chi connectivity index (χ0n) is 18.1. The van der Waals surface area contributed by atoms with E-state index in [0.717, 1.165) is 53.3 Å². The summed E-state index contributed by atoms with van der Waals surface area (Å²) in [5.41, 5.74) is 3.46. The molecule has 1 aliphatic rings. The van der Waals surface area contributed by atoms with Gasteiger partial charge < -0.3 is 10.6 Å². The quantitative estimate of drug-likeness (QED) is 0.455. The van der Waals surface area contributed by atoms with Gasteiger partial charge in [0, 0.05) is 24.5 Å². The van der Waals surface area contributed by atoms with E-state index >= 15 is 0 Å². The first-order valence-electron chi connectivity index (χ1n) is 10.9. The molecule has 164 valence electrons. The molecule has 5 rings (SSSR count). The van der Waals surface area contributed by atoms with Gasteiger partial charge in [0.05, 0.1) is 5.39 Å². The molecular weight excluding hydrogens is 420 g/mol. The number of aromatic nitrogens is 2. The molecule has 7 heteroatoms. The third-order valence-corrected chi connectivity index (χ3v) is 7.12. The third-order valence-electron chi connectivity index (χ3n) is 6.01. The molecule has 0 aliphatic carbocycles. The minimum Gasteiger partial charge on any atom is -0.486 e. The first-order valence-corrected chi connectivity index (χ1v) is 11.7. The van der Waals surface area contributed by atoms with Gasteiger partial charge in [-0.15, -0.1) is 11.3 Å². The summed E-state index contributed by atoms with van der Waals surface area (Å²) in [5.74, 6) is 7.30. The van der Waals surface area contributed by atoms with E-state index in [4.69, 9.17) is 15.6 Å². The Balaban J connectivity index is 1.38. The molecule has 2 aromatic carbocycles. The maximum Gasteiger partial charge on any atom is 0.281 e. The van der Waals surface area contributed by atoms with E-state index in [2.05, 4.69) is 36.1 Å². The predicted molar refractivity (Wildman–Crippen MR) is 128 cm³/mol. The lowest BCUT2D eigenvalue weighted by molar-refractivity contribution is 0.249. The molecule has 32 heavy (non-hydrogen) atoms. The van der Waals surface area contributed by atoms with Crippen molar-refractivity contribution < 1.29 is 4.74 Å². The summed E-state index contributed by atoms with van der Waals surface area (Å²) in [6.07, 6.45) is 1.81. The van der Waals surface area contributed by atoms with Gasteiger partial charge in [-0.3, -0.25) is 9.69 Å². The smallest absolute Gasteiger partial charge is 0.281 e. The predicted octanol–water partition coefficient (Wildman–Crippen LogP) is 3.87. The molecule has 0 saturated carbocycles. The number of benzene rings is 2. The van der Waals surface area contributed by atoms with Gasteiger partial charge in [0.25, 0.3) is 5.56 Å². The first-order chi connectivity index (χ1) is 15.6. The molecule has 4 aromatic rings. The summed E-state index contributed by atoms with van der Waals surface area (Å²) in [6, 6.07) is 18.4. The van der Waals surface area contributed by atoms with Crippen LogP contribution in [0.25, 0.3) is 10.2 Å². The van der Waals surface area contributed by atoms with Crippen LogP contribution in [-0.2, 0) is 32.5 Å². The van der Waals surface area contributed by atoms with Gasteiger partial charge in [0.2, 0.25) is 0 Å². The van der Waals surface area contributed by atoms with Crippen LogP contribution in [0.2, 0.25) is 0 Å². The lowest BCUT2D eigenvalue weighted by Crippen LogP contribution is -2.33. The van der Waals surface area contributed by atoms with Gasteiger partial charge in [-0.1, -0.05) is 49.4 Å². The Morgan fingerprint density at radius 3 is 2.62 bits per heavy atom. The largest absolute Gasteiger partial charge is 0.486 e. The lowest BCUT2D eigenvalue weighted by atomic mass is 10.0. The van der Waals surface area contributed by atoms with Crippen LogP contribution in [0.3, 0.4) is 0 Å². The summed E-state index contributed by atoms with van der Waals surface area (Å²) < 4.78 is 7.00. The van der Waals surface area contributed by atoms with Crippen molar-refractivity contribution >= 4 is 21.6 Å². The number of fused-ring (bicyclic) bond motifs is 3. The van der Waals surface area contributed by atoms with Crippen LogP contribution >= 0.6 is 11.3 Å². The standard InChI is InChI=1S/C25H26N4O2S/c1-2-17-8-10-19(11-9-17)31-16-22-27-24-23(25(30)29(22)26)20-12-13-28(15-21(20)32-24)14-18-6-4-3-5-7-18/h3-11H,2,12-16,26H2,1H3. The van der Waals surface area contributed by atoms with Crippen LogP contribution in [0, 0.1) is 0 Å². The van der Waals surface area contributed by atoms with Crippen molar-refractivity contribution in [3.8, 4) is 5.75 Å². The van der Waals surface area contributed by atoms with Gasteiger partial charge in [0.15, 0.2) is 5.82 Å². The van der Waals surface area contributed by atoms with E-state index in [-0.39, 0.29) is 12.2 Å². The number of hydrogen-bond donors (Lipinski definition) is 1. The Kier molecular flexibility index (Phi) is 5.68. The second-order valence-electron chi connectivity index (χ2n) is 8.12. The highest BCUT2D eigenvalue weighted by Gasteiger charge is 2.25. The van der Waals surface area contributed by atoms with Crippen molar-refractivity contribution in [3.63, 3.8) is 0 Å². The number of nitrogens with zero attached hydrogens (tertiary/aromatic N) is 3. The zero-order valence-corrected chi connectivity index (χ0v) is 18.9. The zero-order chi connectivity index (χ0) is 22.1. The van der Waals surface area contributed by atoms with E-state index < -0.39 is 0 Å². The molecule has 0 atom stereocenters. The maximum atomic E-state index is 13.1. The van der Waals surface area contributed by atoms with Crippen LogP contribution in [0.1, 0.15) is 34.3 Å². The Morgan fingerprint density at radius 1 is 1.09 bits per heavy atom. The van der Waals surface area contributed by atoms with Gasteiger partial charge in [0.1, 0.15) is 17.2 Å². The minimum atomic E-state index is -0.191. The molecule has 0 amide bonds. The van der Waals surface area contributed by atoms with Crippen LogP contribution in [0.4, 0.5) is 0 Å². The number of ether oxygens (including phenoxy) is 1. The molecule has 2 N–H and O–H groups in total. The first kappa shape index (κ1) is 20.7. The Hall–Kier alpha value is -3.16. The average molecular weight is 447 g/mol. The van der Waals surface area contributed by atoms with Crippen molar-refractivity contribution in [1.82, 2.24) is 14.6 Å². The second kappa shape index (κ2) is 8.76. The van der Waals surface area contributed by atoms with Crippen LogP contribution in [0.15, 0.2) is 59.4 Å². The molecule has 2 aromatic heterocycles. The van der Waals surface area contributed by atoms with E-state index in [9.17, 15) is 4.79 Å². The monoisotopic (exact) mass is 446 g/mol. The molecule has 0 unspecified atom stereocenters. The fraction of sp³-hybridized carbons (Fsp3) is 0.280. The van der Waals surface area contributed by atoms with Crippen LogP contribution < -0.4 is 16.1 Å². The molecule has 0 bridgehead atoms. The van der Waals surface area contributed by atoms with E-state index in [1.165, 1.54) is 16.0 Å². The Bertz CT molecular complexity index is 1300. The van der Waals surface area contributed by atoms with Crippen molar-refractivity contribution in [2.75, 3.05) is 12.4 Å². The minimum absolute atomic E-state index is 0.149. The summed E-state index contributed by atoms with van der Waals surface area (Å²) in [6.45, 7) is 4.90. The molecule has 1 aliphatic heterocycles. The number of hydrogen-bond acceptors (Lipinski definition) is 6. The van der Waals surface area contributed by atoms with E-state index in [1.54, 1.807) is 11.3 Å². The summed E-state index contributed by atoms with van der Waals surface area (Å²) in [5, 5.41) is 0.669. The topological polar surface area (TPSA) is 73.4 Å². The fourth-order valence-corrected chi connectivity index (χ4v) is 5.47. The molecular formula is C25H26N4O2S. The SMILES string of the molecule is CCc1ccc(OCc2nc3sc4c(c3c(=O)n2N)CCN(Cc2ccccc2)C4)cc1. The lowest BCUT2D eigenvalue weighted by Gasteiger charge is -2.26. The number of aryl methyl sites for hydroxylation is 1. The molecule has 0 spiro atoms. The number of rotatable bonds is 6. The summed E-state index contributed by atoms with van der Waals surface area (Å²) in [7, 11) is 0. The van der Waals surface area contributed by atoms with Crippen LogP contribution in [-0.4, -0.2) is 21.1 Å². The molecule has 0 fully saturated rings. The van der Waals surface area contributed by atoms with Crippen molar-refractivity contribution in [2.24, 2.45) is 0 Å². The van der Waals surface area contributed by atoms with E-state index in [1.807, 2.05) is 30.3 Å². The van der Waals surface area contributed by atoms with Gasteiger partial charge in [-0.2, -0.15) is 0 Å². The third kappa shape index (κ3) is 4.01.